The van der Waals surface area contributed by atoms with Gasteiger partial charge in [0.25, 0.3) is 0 Å². The highest BCUT2D eigenvalue weighted by molar-refractivity contribution is 6.09. The fourth-order valence-electron chi connectivity index (χ4n) is 4.30. The van der Waals surface area contributed by atoms with Gasteiger partial charge < -0.3 is 14.6 Å². The summed E-state index contributed by atoms with van der Waals surface area (Å²) in [6.45, 7) is 7.67. The number of aliphatic carboxylic acids is 1. The number of benzene rings is 2. The lowest BCUT2D eigenvalue weighted by Gasteiger charge is -2.31. The van der Waals surface area contributed by atoms with Gasteiger partial charge in [-0.3, -0.25) is 10.2 Å². The van der Waals surface area contributed by atoms with E-state index in [1.165, 1.54) is 11.9 Å². The van der Waals surface area contributed by atoms with Crippen LogP contribution in [0.15, 0.2) is 30.3 Å². The molecule has 0 unspecified atom stereocenters. The van der Waals surface area contributed by atoms with Gasteiger partial charge in [0.15, 0.2) is 0 Å². The molecular weight excluding hydrogens is 338 g/mol. The van der Waals surface area contributed by atoms with Gasteiger partial charge in [-0.15, -0.1) is 0 Å². The number of aryl methyl sites for hydroxylation is 2. The normalized spacial score (nSPS) is 13.2. The molecule has 1 aliphatic heterocycles. The molecule has 1 aliphatic rings. The second kappa shape index (κ2) is 6.27. The van der Waals surface area contributed by atoms with Crippen LogP contribution in [-0.4, -0.2) is 28.5 Å². The van der Waals surface area contributed by atoms with Gasteiger partial charge in [-0.05, 0) is 49.1 Å². The van der Waals surface area contributed by atoms with Crippen molar-refractivity contribution in [3.05, 3.63) is 52.7 Å². The molecule has 0 saturated heterocycles. The summed E-state index contributed by atoms with van der Waals surface area (Å²) in [6.07, 6.45) is 1.32. The number of carboxylic acid groups (broad SMARTS) is 1. The van der Waals surface area contributed by atoms with Gasteiger partial charge in [0.1, 0.15) is 0 Å². The summed E-state index contributed by atoms with van der Waals surface area (Å²) >= 11 is 0. The van der Waals surface area contributed by atoms with Crippen molar-refractivity contribution in [2.24, 2.45) is 0 Å². The van der Waals surface area contributed by atoms with Crippen LogP contribution >= 0.6 is 0 Å². The Hall–Kier alpha value is -3.08. The van der Waals surface area contributed by atoms with Crippen LogP contribution in [-0.2, 0) is 17.8 Å². The lowest BCUT2D eigenvalue weighted by molar-refractivity contribution is -0.136. The minimum atomic E-state index is -0.841. The molecule has 0 radical (unpaired) electrons. The van der Waals surface area contributed by atoms with E-state index in [4.69, 9.17) is 5.41 Å². The SMILES string of the molecule is Cc1ccc(-c2c(CC(=O)O)c(C)c3c4c2cc(C)n4CCN3C=N)cc1. The Morgan fingerprint density at radius 3 is 2.52 bits per heavy atom. The lowest BCUT2D eigenvalue weighted by Crippen LogP contribution is -2.31. The predicted octanol–water partition coefficient (Wildman–Crippen LogP) is 4.29. The molecule has 0 bridgehead atoms. The van der Waals surface area contributed by atoms with Crippen LogP contribution in [0.2, 0.25) is 0 Å². The predicted molar refractivity (Wildman–Crippen MR) is 109 cm³/mol. The third-order valence-electron chi connectivity index (χ3n) is 5.58. The van der Waals surface area contributed by atoms with E-state index in [0.29, 0.717) is 0 Å². The third-order valence-corrected chi connectivity index (χ3v) is 5.58. The molecule has 1 aromatic heterocycles. The average molecular weight is 361 g/mol. The van der Waals surface area contributed by atoms with E-state index in [0.717, 1.165) is 57.6 Å². The third kappa shape index (κ3) is 2.62. The maximum Gasteiger partial charge on any atom is 0.307 e. The number of nitrogens with zero attached hydrogens (tertiary/aromatic N) is 2. The van der Waals surface area contributed by atoms with Gasteiger partial charge in [0.2, 0.25) is 0 Å². The number of hydrogen-bond donors (Lipinski definition) is 2. The molecule has 4 rings (SSSR count). The van der Waals surface area contributed by atoms with Crippen molar-refractivity contribution in [2.45, 2.75) is 33.7 Å². The van der Waals surface area contributed by atoms with E-state index < -0.39 is 5.97 Å². The summed E-state index contributed by atoms with van der Waals surface area (Å²) in [5, 5.41) is 18.5. The van der Waals surface area contributed by atoms with Crippen LogP contribution in [0.4, 0.5) is 5.69 Å². The Morgan fingerprint density at radius 2 is 1.89 bits per heavy atom. The van der Waals surface area contributed by atoms with Gasteiger partial charge >= 0.3 is 5.97 Å². The standard InChI is InChI=1S/C22H23N3O2/c1-13-4-6-16(7-5-13)20-17(11-19(26)27)15(3)21-22-18(20)10-14(2)25(22)9-8-24(21)12-23/h4-7,10,12,23H,8-9,11H2,1-3H3,(H,26,27). The highest BCUT2D eigenvalue weighted by Crippen LogP contribution is 2.44. The molecule has 2 aromatic carbocycles. The van der Waals surface area contributed by atoms with Crippen molar-refractivity contribution in [3.63, 3.8) is 0 Å². The molecule has 138 valence electrons. The van der Waals surface area contributed by atoms with Crippen molar-refractivity contribution in [1.82, 2.24) is 4.57 Å². The molecule has 5 nitrogen and oxygen atoms in total. The fraction of sp³-hybridized carbons (Fsp3) is 0.273. The lowest BCUT2D eigenvalue weighted by atomic mass is 9.88. The number of aromatic nitrogens is 1. The molecule has 3 aromatic rings. The number of carboxylic acids is 1. The first-order chi connectivity index (χ1) is 12.9. The van der Waals surface area contributed by atoms with E-state index in [2.05, 4.69) is 41.8 Å². The van der Waals surface area contributed by atoms with Gasteiger partial charge in [0.05, 0.1) is 24.0 Å². The summed E-state index contributed by atoms with van der Waals surface area (Å²) in [4.78, 5) is 13.6. The second-order valence-electron chi connectivity index (χ2n) is 7.29. The summed E-state index contributed by atoms with van der Waals surface area (Å²) in [6, 6.07) is 10.4. The van der Waals surface area contributed by atoms with Crippen LogP contribution in [0.5, 0.6) is 0 Å². The van der Waals surface area contributed by atoms with Crippen molar-refractivity contribution in [3.8, 4) is 11.1 Å². The van der Waals surface area contributed by atoms with Crippen LogP contribution in [0, 0.1) is 26.2 Å². The van der Waals surface area contributed by atoms with Crippen LogP contribution in [0.25, 0.3) is 22.0 Å². The minimum Gasteiger partial charge on any atom is -0.481 e. The maximum atomic E-state index is 11.7. The Morgan fingerprint density at radius 1 is 1.19 bits per heavy atom. The van der Waals surface area contributed by atoms with Gasteiger partial charge in [-0.25, -0.2) is 0 Å². The van der Waals surface area contributed by atoms with Gasteiger partial charge in [-0.1, -0.05) is 29.8 Å². The quantitative estimate of drug-likeness (QED) is 0.538. The van der Waals surface area contributed by atoms with E-state index >= 15 is 0 Å². The molecule has 0 saturated carbocycles. The largest absolute Gasteiger partial charge is 0.481 e. The molecule has 2 heterocycles. The first-order valence-electron chi connectivity index (χ1n) is 9.13. The second-order valence-corrected chi connectivity index (χ2v) is 7.29. The zero-order chi connectivity index (χ0) is 19.3. The molecule has 5 heteroatoms. The highest BCUT2D eigenvalue weighted by atomic mass is 16.4. The summed E-state index contributed by atoms with van der Waals surface area (Å²) in [5.74, 6) is -0.841. The Bertz CT molecular complexity index is 1080. The van der Waals surface area contributed by atoms with Gasteiger partial charge in [0, 0.05) is 24.2 Å². The number of nitrogens with one attached hydrogen (secondary N) is 1. The number of rotatable bonds is 4. The first kappa shape index (κ1) is 17.3. The molecule has 2 N–H and O–H groups in total. The topological polar surface area (TPSA) is 69.3 Å². The Labute approximate surface area is 158 Å². The first-order valence-corrected chi connectivity index (χ1v) is 9.13. The summed E-state index contributed by atoms with van der Waals surface area (Å²) < 4.78 is 2.29. The van der Waals surface area contributed by atoms with Crippen molar-refractivity contribution in [1.29, 1.82) is 5.41 Å². The number of anilines is 1. The molecule has 0 amide bonds. The van der Waals surface area contributed by atoms with Crippen molar-refractivity contribution in [2.75, 3.05) is 11.4 Å². The smallest absolute Gasteiger partial charge is 0.307 e. The van der Waals surface area contributed by atoms with Gasteiger partial charge in [-0.2, -0.15) is 0 Å². The van der Waals surface area contributed by atoms with E-state index in [-0.39, 0.29) is 6.42 Å². The Kier molecular flexibility index (Phi) is 4.02. The molecule has 27 heavy (non-hydrogen) atoms. The number of hydrogen-bond acceptors (Lipinski definition) is 2. The van der Waals surface area contributed by atoms with Crippen LogP contribution < -0.4 is 4.90 Å². The van der Waals surface area contributed by atoms with Crippen LogP contribution in [0.3, 0.4) is 0 Å². The highest BCUT2D eigenvalue weighted by Gasteiger charge is 2.28. The zero-order valence-electron chi connectivity index (χ0n) is 15.8. The average Bonchev–Trinajstić information content (AvgIpc) is 2.97. The summed E-state index contributed by atoms with van der Waals surface area (Å²) in [5.41, 5.74) is 8.22. The minimum absolute atomic E-state index is 0.0337. The molecule has 0 atom stereocenters. The zero-order valence-corrected chi connectivity index (χ0v) is 15.8. The summed E-state index contributed by atoms with van der Waals surface area (Å²) in [7, 11) is 0. The van der Waals surface area contributed by atoms with E-state index in [1.54, 1.807) is 0 Å². The Balaban J connectivity index is 2.16. The van der Waals surface area contributed by atoms with Crippen molar-refractivity contribution >= 4 is 28.9 Å². The van der Waals surface area contributed by atoms with Crippen LogP contribution in [0.1, 0.15) is 22.4 Å². The number of carbonyl (C=O) groups is 1. The van der Waals surface area contributed by atoms with Crippen molar-refractivity contribution < 1.29 is 9.90 Å². The molecule has 0 fully saturated rings. The van der Waals surface area contributed by atoms with E-state index in [9.17, 15) is 9.90 Å². The van der Waals surface area contributed by atoms with E-state index in [1.807, 2.05) is 18.7 Å². The fourth-order valence-corrected chi connectivity index (χ4v) is 4.30. The maximum absolute atomic E-state index is 11.7. The molecular formula is C22H23N3O2. The monoisotopic (exact) mass is 361 g/mol. The molecule has 0 spiro atoms. The molecule has 0 aliphatic carbocycles.